The van der Waals surface area contributed by atoms with Gasteiger partial charge in [0.15, 0.2) is 0 Å². The molecule has 1 atom stereocenters. The molecule has 0 radical (unpaired) electrons. The minimum Gasteiger partial charge on any atom is -0.481 e. The SMILES string of the molecule is CCC(NS(=O)(=O)c1ccc(Cl)cc1)c1ccc(CCCC(=O)O)cc1. The van der Waals surface area contributed by atoms with Gasteiger partial charge >= 0.3 is 5.97 Å². The van der Waals surface area contributed by atoms with Gasteiger partial charge in [0.1, 0.15) is 0 Å². The average molecular weight is 396 g/mol. The summed E-state index contributed by atoms with van der Waals surface area (Å²) in [6, 6.07) is 13.3. The van der Waals surface area contributed by atoms with Crippen molar-refractivity contribution in [1.29, 1.82) is 0 Å². The van der Waals surface area contributed by atoms with Crippen molar-refractivity contribution in [3.63, 3.8) is 0 Å². The third-order valence-corrected chi connectivity index (χ3v) is 5.81. The third-order valence-electron chi connectivity index (χ3n) is 4.07. The Morgan fingerprint density at radius 1 is 1.12 bits per heavy atom. The van der Waals surface area contributed by atoms with Crippen molar-refractivity contribution in [3.05, 3.63) is 64.7 Å². The standard InChI is InChI=1S/C19H22ClNO4S/c1-2-18(21-26(24,25)17-12-10-16(20)11-13-17)15-8-6-14(7-9-15)4-3-5-19(22)23/h6-13,18,21H,2-5H2,1H3,(H,22,23). The fourth-order valence-corrected chi connectivity index (χ4v) is 4.05. The van der Waals surface area contributed by atoms with E-state index in [2.05, 4.69) is 4.72 Å². The number of sulfonamides is 1. The first-order valence-electron chi connectivity index (χ1n) is 8.40. The first kappa shape index (κ1) is 20.4. The average Bonchev–Trinajstić information content (AvgIpc) is 2.60. The van der Waals surface area contributed by atoms with Crippen molar-refractivity contribution in [3.8, 4) is 0 Å². The van der Waals surface area contributed by atoms with Crippen LogP contribution >= 0.6 is 11.6 Å². The zero-order valence-electron chi connectivity index (χ0n) is 14.5. The predicted molar refractivity (Wildman–Crippen MR) is 102 cm³/mol. The normalized spacial score (nSPS) is 12.7. The maximum atomic E-state index is 12.5. The van der Waals surface area contributed by atoms with Gasteiger partial charge in [-0.3, -0.25) is 4.79 Å². The molecular formula is C19H22ClNO4S. The summed E-state index contributed by atoms with van der Waals surface area (Å²) in [5.74, 6) is -0.802. The van der Waals surface area contributed by atoms with Crippen molar-refractivity contribution in [2.45, 2.75) is 43.5 Å². The maximum Gasteiger partial charge on any atom is 0.303 e. The summed E-state index contributed by atoms with van der Waals surface area (Å²) >= 11 is 5.81. The van der Waals surface area contributed by atoms with E-state index in [1.165, 1.54) is 12.1 Å². The Bertz CT molecular complexity index is 833. The molecule has 0 aliphatic rings. The predicted octanol–water partition coefficient (Wildman–Crippen LogP) is 4.18. The molecule has 7 heteroatoms. The quantitative estimate of drug-likeness (QED) is 0.667. The number of rotatable bonds is 9. The Kier molecular flexibility index (Phi) is 7.20. The van der Waals surface area contributed by atoms with Gasteiger partial charge in [-0.1, -0.05) is 42.8 Å². The van der Waals surface area contributed by atoms with Crippen LogP contribution in [0.1, 0.15) is 43.4 Å². The lowest BCUT2D eigenvalue weighted by Crippen LogP contribution is -2.28. The molecule has 26 heavy (non-hydrogen) atoms. The molecule has 2 rings (SSSR count). The van der Waals surface area contributed by atoms with Crippen molar-refractivity contribution < 1.29 is 18.3 Å². The summed E-state index contributed by atoms with van der Waals surface area (Å²) < 4.78 is 27.8. The second kappa shape index (κ2) is 9.16. The van der Waals surface area contributed by atoms with Crippen LogP contribution in [0.4, 0.5) is 0 Å². The number of aryl methyl sites for hydroxylation is 1. The molecule has 140 valence electrons. The lowest BCUT2D eigenvalue weighted by molar-refractivity contribution is -0.137. The summed E-state index contributed by atoms with van der Waals surface area (Å²) in [4.78, 5) is 10.7. The minimum atomic E-state index is -3.64. The zero-order chi connectivity index (χ0) is 19.2. The van der Waals surface area contributed by atoms with Gasteiger partial charge in [-0.05, 0) is 54.7 Å². The lowest BCUT2D eigenvalue weighted by Gasteiger charge is -2.18. The highest BCUT2D eigenvalue weighted by Gasteiger charge is 2.20. The summed E-state index contributed by atoms with van der Waals surface area (Å²) in [6.45, 7) is 1.91. The molecule has 0 amide bonds. The summed E-state index contributed by atoms with van der Waals surface area (Å²) in [5, 5.41) is 9.17. The van der Waals surface area contributed by atoms with Gasteiger partial charge in [0, 0.05) is 17.5 Å². The minimum absolute atomic E-state index is 0.139. The molecule has 0 aromatic heterocycles. The molecule has 0 saturated carbocycles. The topological polar surface area (TPSA) is 83.5 Å². The van der Waals surface area contributed by atoms with E-state index in [0.717, 1.165) is 11.1 Å². The first-order valence-corrected chi connectivity index (χ1v) is 10.3. The largest absolute Gasteiger partial charge is 0.481 e. The second-order valence-corrected chi connectivity index (χ2v) is 8.18. The number of nitrogens with one attached hydrogen (secondary N) is 1. The van der Waals surface area contributed by atoms with E-state index in [-0.39, 0.29) is 17.4 Å². The van der Waals surface area contributed by atoms with E-state index in [4.69, 9.17) is 16.7 Å². The molecule has 5 nitrogen and oxygen atoms in total. The van der Waals surface area contributed by atoms with E-state index in [1.54, 1.807) is 12.1 Å². The number of hydrogen-bond acceptors (Lipinski definition) is 3. The van der Waals surface area contributed by atoms with Gasteiger partial charge in [0.25, 0.3) is 0 Å². The van der Waals surface area contributed by atoms with Crippen LogP contribution in [0.25, 0.3) is 0 Å². The highest BCUT2D eigenvalue weighted by Crippen LogP contribution is 2.22. The van der Waals surface area contributed by atoms with Gasteiger partial charge < -0.3 is 5.11 Å². The molecule has 0 spiro atoms. The third kappa shape index (κ3) is 5.83. The highest BCUT2D eigenvalue weighted by atomic mass is 35.5. The summed E-state index contributed by atoms with van der Waals surface area (Å²) in [5.41, 5.74) is 1.90. The number of carbonyl (C=O) groups is 1. The molecule has 0 bridgehead atoms. The Balaban J connectivity index is 2.07. The highest BCUT2D eigenvalue weighted by molar-refractivity contribution is 7.89. The smallest absolute Gasteiger partial charge is 0.303 e. The molecule has 2 aromatic rings. The molecule has 0 heterocycles. The Morgan fingerprint density at radius 3 is 2.27 bits per heavy atom. The van der Waals surface area contributed by atoms with Gasteiger partial charge in [-0.2, -0.15) is 0 Å². The van der Waals surface area contributed by atoms with Crippen LogP contribution in [-0.4, -0.2) is 19.5 Å². The molecule has 1 unspecified atom stereocenters. The number of hydrogen-bond donors (Lipinski definition) is 2. The zero-order valence-corrected chi connectivity index (χ0v) is 16.1. The Labute approximate surface area is 159 Å². The van der Waals surface area contributed by atoms with E-state index < -0.39 is 16.0 Å². The van der Waals surface area contributed by atoms with Crippen molar-refractivity contribution in [1.82, 2.24) is 4.72 Å². The molecule has 0 saturated heterocycles. The van der Waals surface area contributed by atoms with Crippen LogP contribution < -0.4 is 4.72 Å². The number of aliphatic carboxylic acids is 1. The van der Waals surface area contributed by atoms with Crippen LogP contribution in [0.3, 0.4) is 0 Å². The van der Waals surface area contributed by atoms with E-state index in [0.29, 0.717) is 24.3 Å². The van der Waals surface area contributed by atoms with Crippen molar-refractivity contribution in [2.24, 2.45) is 0 Å². The number of benzene rings is 2. The van der Waals surface area contributed by atoms with Crippen LogP contribution in [0.15, 0.2) is 53.4 Å². The summed E-state index contributed by atoms with van der Waals surface area (Å²) in [7, 11) is -3.64. The molecule has 0 fully saturated rings. The van der Waals surface area contributed by atoms with Crippen molar-refractivity contribution in [2.75, 3.05) is 0 Å². The van der Waals surface area contributed by atoms with E-state index in [1.807, 2.05) is 31.2 Å². The summed E-state index contributed by atoms with van der Waals surface area (Å²) in [6.07, 6.45) is 2.00. The molecule has 2 aromatic carbocycles. The van der Waals surface area contributed by atoms with Crippen LogP contribution in [0.5, 0.6) is 0 Å². The number of carboxylic acids is 1. The van der Waals surface area contributed by atoms with Gasteiger partial charge in [-0.25, -0.2) is 13.1 Å². The maximum absolute atomic E-state index is 12.5. The van der Waals surface area contributed by atoms with Crippen molar-refractivity contribution >= 4 is 27.6 Å². The Hall–Kier alpha value is -1.89. The fraction of sp³-hybridized carbons (Fsp3) is 0.316. The van der Waals surface area contributed by atoms with E-state index in [9.17, 15) is 13.2 Å². The second-order valence-electron chi connectivity index (χ2n) is 6.02. The van der Waals surface area contributed by atoms with Gasteiger partial charge in [0.05, 0.1) is 4.90 Å². The fourth-order valence-electron chi connectivity index (χ4n) is 2.62. The van der Waals surface area contributed by atoms with Crippen LogP contribution in [0.2, 0.25) is 5.02 Å². The van der Waals surface area contributed by atoms with E-state index >= 15 is 0 Å². The van der Waals surface area contributed by atoms with Gasteiger partial charge in [-0.15, -0.1) is 0 Å². The number of carboxylic acid groups (broad SMARTS) is 1. The monoisotopic (exact) mass is 395 g/mol. The molecular weight excluding hydrogens is 374 g/mol. The lowest BCUT2D eigenvalue weighted by atomic mass is 10.0. The van der Waals surface area contributed by atoms with Gasteiger partial charge in [0.2, 0.25) is 10.0 Å². The Morgan fingerprint density at radius 2 is 1.73 bits per heavy atom. The van der Waals surface area contributed by atoms with Crippen LogP contribution in [0, 0.1) is 0 Å². The molecule has 2 N–H and O–H groups in total. The molecule has 0 aliphatic heterocycles. The molecule has 0 aliphatic carbocycles. The van der Waals surface area contributed by atoms with Crippen LogP contribution in [-0.2, 0) is 21.2 Å². The number of halogens is 1. The first-order chi connectivity index (χ1) is 12.3.